The van der Waals surface area contributed by atoms with E-state index in [9.17, 15) is 23.1 Å². The molecule has 33 heavy (non-hydrogen) atoms. The fraction of sp³-hybridized carbons (Fsp3) is 0.455. The van der Waals surface area contributed by atoms with E-state index >= 15 is 0 Å². The summed E-state index contributed by atoms with van der Waals surface area (Å²) in [5.74, 6) is -1.20. The van der Waals surface area contributed by atoms with Crippen molar-refractivity contribution < 1.29 is 27.9 Å². The molecule has 1 atom stereocenters. The number of carboxylic acids is 1. The fourth-order valence-corrected chi connectivity index (χ4v) is 3.90. The first-order chi connectivity index (χ1) is 15.1. The van der Waals surface area contributed by atoms with Crippen LogP contribution in [0.1, 0.15) is 47.2 Å². The van der Waals surface area contributed by atoms with Gasteiger partial charge >= 0.3 is 12.1 Å². The Morgan fingerprint density at radius 2 is 1.76 bits per heavy atom. The van der Waals surface area contributed by atoms with Gasteiger partial charge in [0.15, 0.2) is 5.03 Å². The molecule has 0 aliphatic rings. The van der Waals surface area contributed by atoms with E-state index in [0.29, 0.717) is 0 Å². The fourth-order valence-electron chi connectivity index (χ4n) is 2.96. The molecule has 0 saturated heterocycles. The van der Waals surface area contributed by atoms with Gasteiger partial charge in [0.1, 0.15) is 17.5 Å². The minimum Gasteiger partial charge on any atom is -0.480 e. The van der Waals surface area contributed by atoms with Gasteiger partial charge in [0.05, 0.1) is 12.2 Å². The number of aliphatic carboxylic acids is 1. The van der Waals surface area contributed by atoms with E-state index in [-0.39, 0.29) is 23.1 Å². The van der Waals surface area contributed by atoms with Crippen LogP contribution in [0.3, 0.4) is 0 Å². The smallest absolute Gasteiger partial charge is 0.416 e. The molecule has 0 aliphatic carbocycles. The van der Waals surface area contributed by atoms with Crippen LogP contribution < -0.4 is 9.62 Å². The normalized spacial score (nSPS) is 13.3. The number of hydrogen-bond donors (Lipinski definition) is 2. The van der Waals surface area contributed by atoms with Crippen LogP contribution in [0.4, 0.5) is 10.6 Å². The van der Waals surface area contributed by atoms with Gasteiger partial charge in [-0.2, -0.15) is 0 Å². The van der Waals surface area contributed by atoms with E-state index in [1.54, 1.807) is 65.8 Å². The highest BCUT2D eigenvalue weighted by molar-refractivity contribution is 7.89. The van der Waals surface area contributed by atoms with Gasteiger partial charge in [0, 0.05) is 6.20 Å². The van der Waals surface area contributed by atoms with Crippen LogP contribution in [0.2, 0.25) is 0 Å². The number of pyridine rings is 2. The third-order valence-corrected chi connectivity index (χ3v) is 5.61. The molecule has 2 N–H and O–H groups in total. The minimum atomic E-state index is -3.89. The first-order valence-corrected chi connectivity index (χ1v) is 11.7. The zero-order chi connectivity index (χ0) is 25.0. The number of anilines is 1. The second kappa shape index (κ2) is 9.84. The van der Waals surface area contributed by atoms with Crippen molar-refractivity contribution in [3.8, 4) is 0 Å². The molecule has 1 amide bonds. The first kappa shape index (κ1) is 26.2. The number of rotatable bonds is 7. The van der Waals surface area contributed by atoms with Crippen molar-refractivity contribution in [3.05, 3.63) is 48.3 Å². The van der Waals surface area contributed by atoms with Crippen LogP contribution in [0.15, 0.2) is 47.6 Å². The van der Waals surface area contributed by atoms with Crippen molar-refractivity contribution in [2.75, 3.05) is 4.90 Å². The standard InChI is InChI=1S/C22H30N4O6S/c1-21(2,3)18(19(27)28)26(20(29)32-22(4,5)6)16-11-9-10-15(25-16)14-24-33(30,31)17-12-7-8-13-23-17/h7-13,18,24H,14H2,1-6H3,(H,27,28). The van der Waals surface area contributed by atoms with Crippen molar-refractivity contribution in [1.82, 2.24) is 14.7 Å². The van der Waals surface area contributed by atoms with Crippen LogP contribution in [-0.4, -0.2) is 47.2 Å². The van der Waals surface area contributed by atoms with Crippen LogP contribution in [0.25, 0.3) is 0 Å². The van der Waals surface area contributed by atoms with Gasteiger partial charge in [-0.25, -0.2) is 37.6 Å². The summed E-state index contributed by atoms with van der Waals surface area (Å²) in [6.07, 6.45) is 0.494. The van der Waals surface area contributed by atoms with Crippen LogP contribution in [-0.2, 0) is 26.1 Å². The van der Waals surface area contributed by atoms with E-state index in [2.05, 4.69) is 14.7 Å². The molecule has 0 aromatic carbocycles. The molecule has 180 valence electrons. The number of aromatic nitrogens is 2. The number of carbonyl (C=O) groups is 2. The zero-order valence-electron chi connectivity index (χ0n) is 19.6. The van der Waals surface area contributed by atoms with Gasteiger partial charge < -0.3 is 9.84 Å². The molecule has 2 heterocycles. The monoisotopic (exact) mass is 478 g/mol. The summed E-state index contributed by atoms with van der Waals surface area (Å²) in [6.45, 7) is 9.89. The number of carboxylic acid groups (broad SMARTS) is 1. The number of amides is 1. The highest BCUT2D eigenvalue weighted by atomic mass is 32.2. The Balaban J connectivity index is 2.41. The van der Waals surface area contributed by atoms with Gasteiger partial charge in [-0.3, -0.25) is 0 Å². The molecule has 0 radical (unpaired) electrons. The minimum absolute atomic E-state index is 0.0288. The van der Waals surface area contributed by atoms with Crippen molar-refractivity contribution in [1.29, 1.82) is 0 Å². The summed E-state index contributed by atoms with van der Waals surface area (Å²) < 4.78 is 32.8. The van der Waals surface area contributed by atoms with E-state index in [1.807, 2.05) is 0 Å². The molecular weight excluding hydrogens is 448 g/mol. The van der Waals surface area contributed by atoms with E-state index in [0.717, 1.165) is 4.90 Å². The number of hydrogen-bond acceptors (Lipinski definition) is 7. The Morgan fingerprint density at radius 1 is 1.09 bits per heavy atom. The molecule has 2 rings (SSSR count). The molecular formula is C22H30N4O6S. The van der Waals surface area contributed by atoms with Crippen molar-refractivity contribution in [2.45, 2.75) is 64.8 Å². The predicted molar refractivity (Wildman–Crippen MR) is 122 cm³/mol. The molecule has 0 fully saturated rings. The lowest BCUT2D eigenvalue weighted by Gasteiger charge is -2.37. The third-order valence-electron chi connectivity index (χ3n) is 4.30. The Bertz CT molecular complexity index is 1090. The molecule has 0 bridgehead atoms. The van der Waals surface area contributed by atoms with Crippen molar-refractivity contribution in [2.24, 2.45) is 5.41 Å². The maximum Gasteiger partial charge on any atom is 0.416 e. The third kappa shape index (κ3) is 7.22. The lowest BCUT2D eigenvalue weighted by molar-refractivity contribution is -0.141. The number of nitrogens with zero attached hydrogens (tertiary/aromatic N) is 3. The summed E-state index contributed by atoms with van der Waals surface area (Å²) in [7, 11) is -3.89. The SMILES string of the molecule is CC(C)(C)OC(=O)N(c1cccc(CNS(=O)(=O)c2ccccn2)n1)C(C(=O)O)C(C)(C)C. The molecule has 10 nitrogen and oxygen atoms in total. The first-order valence-electron chi connectivity index (χ1n) is 10.2. The average molecular weight is 479 g/mol. The molecule has 1 unspecified atom stereocenters. The summed E-state index contributed by atoms with van der Waals surface area (Å²) in [5.41, 5.74) is -1.45. The Hall–Kier alpha value is -3.05. The van der Waals surface area contributed by atoms with E-state index < -0.39 is 39.1 Å². The Labute approximate surface area is 194 Å². The van der Waals surface area contributed by atoms with Crippen LogP contribution in [0.5, 0.6) is 0 Å². The van der Waals surface area contributed by atoms with Gasteiger partial charge in [0.2, 0.25) is 0 Å². The maximum absolute atomic E-state index is 13.0. The lowest BCUT2D eigenvalue weighted by atomic mass is 9.85. The van der Waals surface area contributed by atoms with Crippen molar-refractivity contribution >= 4 is 27.9 Å². The highest BCUT2D eigenvalue weighted by Crippen LogP contribution is 2.30. The Morgan fingerprint density at radius 3 is 2.27 bits per heavy atom. The van der Waals surface area contributed by atoms with E-state index in [4.69, 9.17) is 4.74 Å². The topological polar surface area (TPSA) is 139 Å². The van der Waals surface area contributed by atoms with Gasteiger partial charge in [-0.15, -0.1) is 0 Å². The number of nitrogens with one attached hydrogen (secondary N) is 1. The van der Waals surface area contributed by atoms with Crippen molar-refractivity contribution in [3.63, 3.8) is 0 Å². The summed E-state index contributed by atoms with van der Waals surface area (Å²) >= 11 is 0. The summed E-state index contributed by atoms with van der Waals surface area (Å²) in [5, 5.41) is 9.77. The summed E-state index contributed by atoms with van der Waals surface area (Å²) in [6, 6.07) is 7.82. The number of ether oxygens (including phenoxy) is 1. The summed E-state index contributed by atoms with van der Waals surface area (Å²) in [4.78, 5) is 34.4. The molecule has 11 heteroatoms. The largest absolute Gasteiger partial charge is 0.480 e. The zero-order valence-corrected chi connectivity index (χ0v) is 20.4. The lowest BCUT2D eigenvalue weighted by Crippen LogP contribution is -2.54. The average Bonchev–Trinajstić information content (AvgIpc) is 2.68. The second-order valence-electron chi connectivity index (χ2n) is 9.44. The Kier molecular flexibility index (Phi) is 7.81. The van der Waals surface area contributed by atoms with Crippen LogP contribution >= 0.6 is 0 Å². The van der Waals surface area contributed by atoms with E-state index in [1.165, 1.54) is 18.3 Å². The highest BCUT2D eigenvalue weighted by Gasteiger charge is 2.42. The maximum atomic E-state index is 13.0. The van der Waals surface area contributed by atoms with Gasteiger partial charge in [-0.05, 0) is 50.5 Å². The van der Waals surface area contributed by atoms with Gasteiger partial charge in [-0.1, -0.05) is 32.9 Å². The van der Waals surface area contributed by atoms with Gasteiger partial charge in [0.25, 0.3) is 10.0 Å². The number of sulfonamides is 1. The second-order valence-corrected chi connectivity index (χ2v) is 11.2. The molecule has 2 aromatic rings. The molecule has 2 aromatic heterocycles. The quantitative estimate of drug-likeness (QED) is 0.618. The molecule has 0 aliphatic heterocycles. The number of carbonyl (C=O) groups excluding carboxylic acids is 1. The molecule has 0 saturated carbocycles. The van der Waals surface area contributed by atoms with Crippen LogP contribution in [0, 0.1) is 5.41 Å². The predicted octanol–water partition coefficient (Wildman–Crippen LogP) is 3.20. The molecule has 0 spiro atoms.